The molecule has 0 radical (unpaired) electrons. The Bertz CT molecular complexity index is 909. The summed E-state index contributed by atoms with van der Waals surface area (Å²) in [5.74, 6) is -0.751. The van der Waals surface area contributed by atoms with Crippen LogP contribution in [0.3, 0.4) is 0 Å². The average molecular weight is 409 g/mol. The standard InChI is InChI=1S/C20H19Cl2FN2O2/c1-12-9-19(18(23)11-16(12)13(2)26)24-5-7-25(8-6-24)20(27)15-4-3-14(21)10-17(15)22/h3-4,9-11H,5-8H2,1-2H3. The third-order valence-electron chi connectivity index (χ3n) is 4.74. The molecule has 1 aliphatic heterocycles. The number of ketones is 1. The lowest BCUT2D eigenvalue weighted by Gasteiger charge is -2.36. The Morgan fingerprint density at radius 3 is 2.26 bits per heavy atom. The number of piperazine rings is 1. The maximum absolute atomic E-state index is 14.5. The molecule has 0 N–H and O–H groups in total. The van der Waals surface area contributed by atoms with Gasteiger partial charge in [-0.3, -0.25) is 9.59 Å². The second kappa shape index (κ2) is 7.87. The van der Waals surface area contributed by atoms with Crippen LogP contribution < -0.4 is 4.90 Å². The van der Waals surface area contributed by atoms with Crippen LogP contribution in [0.15, 0.2) is 30.3 Å². The van der Waals surface area contributed by atoms with E-state index in [1.165, 1.54) is 13.0 Å². The van der Waals surface area contributed by atoms with Gasteiger partial charge in [-0.25, -0.2) is 4.39 Å². The minimum Gasteiger partial charge on any atom is -0.366 e. The van der Waals surface area contributed by atoms with Crippen LogP contribution in [0.2, 0.25) is 10.0 Å². The zero-order chi connectivity index (χ0) is 19.7. The summed E-state index contributed by atoms with van der Waals surface area (Å²) < 4.78 is 14.5. The molecule has 27 heavy (non-hydrogen) atoms. The van der Waals surface area contributed by atoms with Gasteiger partial charge in [-0.15, -0.1) is 0 Å². The first-order chi connectivity index (χ1) is 12.8. The van der Waals surface area contributed by atoms with E-state index >= 15 is 0 Å². The number of anilines is 1. The van der Waals surface area contributed by atoms with E-state index in [9.17, 15) is 14.0 Å². The van der Waals surface area contributed by atoms with Crippen molar-refractivity contribution in [1.29, 1.82) is 0 Å². The van der Waals surface area contributed by atoms with Crippen LogP contribution in [0, 0.1) is 12.7 Å². The van der Waals surface area contributed by atoms with Crippen molar-refractivity contribution in [3.8, 4) is 0 Å². The monoisotopic (exact) mass is 408 g/mol. The van der Waals surface area contributed by atoms with Gasteiger partial charge >= 0.3 is 0 Å². The van der Waals surface area contributed by atoms with E-state index in [0.717, 1.165) is 5.56 Å². The van der Waals surface area contributed by atoms with Gasteiger partial charge in [0.15, 0.2) is 5.78 Å². The molecule has 0 saturated carbocycles. The molecule has 1 aliphatic rings. The van der Waals surface area contributed by atoms with Gasteiger partial charge in [0.05, 0.1) is 16.3 Å². The predicted molar refractivity (Wildman–Crippen MR) is 106 cm³/mol. The molecule has 0 aliphatic carbocycles. The molecule has 142 valence electrons. The Labute approximate surface area is 167 Å². The minimum atomic E-state index is -0.425. The summed E-state index contributed by atoms with van der Waals surface area (Å²) >= 11 is 12.0. The Morgan fingerprint density at radius 1 is 1.00 bits per heavy atom. The van der Waals surface area contributed by atoms with Crippen LogP contribution in [-0.4, -0.2) is 42.8 Å². The summed E-state index contributed by atoms with van der Waals surface area (Å²) in [4.78, 5) is 27.8. The molecule has 0 bridgehead atoms. The quantitative estimate of drug-likeness (QED) is 0.696. The van der Waals surface area contributed by atoms with Crippen molar-refractivity contribution < 1.29 is 14.0 Å². The fraction of sp³-hybridized carbons (Fsp3) is 0.300. The van der Waals surface area contributed by atoms with Gasteiger partial charge in [-0.05, 0) is 49.7 Å². The zero-order valence-corrected chi connectivity index (χ0v) is 16.6. The van der Waals surface area contributed by atoms with Gasteiger partial charge in [0.2, 0.25) is 0 Å². The number of rotatable bonds is 3. The van der Waals surface area contributed by atoms with Crippen molar-refractivity contribution in [2.75, 3.05) is 31.1 Å². The smallest absolute Gasteiger partial charge is 0.255 e. The third-order valence-corrected chi connectivity index (χ3v) is 5.29. The molecule has 0 spiro atoms. The molecule has 4 nitrogen and oxygen atoms in total. The van der Waals surface area contributed by atoms with Crippen molar-refractivity contribution in [3.05, 3.63) is 62.9 Å². The summed E-state index contributed by atoms with van der Waals surface area (Å²) in [5.41, 5.74) is 1.99. The topological polar surface area (TPSA) is 40.6 Å². The Hall–Kier alpha value is -2.11. The van der Waals surface area contributed by atoms with E-state index in [4.69, 9.17) is 23.2 Å². The zero-order valence-electron chi connectivity index (χ0n) is 15.1. The van der Waals surface area contributed by atoms with Crippen molar-refractivity contribution in [3.63, 3.8) is 0 Å². The molecule has 3 rings (SSSR count). The predicted octanol–water partition coefficient (Wildman–Crippen LogP) is 4.61. The van der Waals surface area contributed by atoms with Crippen LogP contribution in [0.4, 0.5) is 10.1 Å². The lowest BCUT2D eigenvalue weighted by molar-refractivity contribution is 0.0746. The van der Waals surface area contributed by atoms with Crippen LogP contribution in [0.5, 0.6) is 0 Å². The fourth-order valence-corrected chi connectivity index (χ4v) is 3.76. The highest BCUT2D eigenvalue weighted by molar-refractivity contribution is 6.36. The highest BCUT2D eigenvalue weighted by Crippen LogP contribution is 2.27. The Morgan fingerprint density at radius 2 is 1.67 bits per heavy atom. The van der Waals surface area contributed by atoms with Gasteiger partial charge in [-0.1, -0.05) is 23.2 Å². The average Bonchev–Trinajstić information content (AvgIpc) is 2.63. The number of carbonyl (C=O) groups is 2. The number of hydrogen-bond donors (Lipinski definition) is 0. The first-order valence-electron chi connectivity index (χ1n) is 8.58. The number of Topliss-reactive ketones (excluding diaryl/α,β-unsaturated/α-hetero) is 1. The maximum Gasteiger partial charge on any atom is 0.255 e. The minimum absolute atomic E-state index is 0.159. The first-order valence-corrected chi connectivity index (χ1v) is 9.34. The molecule has 0 atom stereocenters. The number of aryl methyl sites for hydroxylation is 1. The lowest BCUT2D eigenvalue weighted by Crippen LogP contribution is -2.49. The normalized spacial score (nSPS) is 14.4. The van der Waals surface area contributed by atoms with E-state index in [0.29, 0.717) is 53.0 Å². The van der Waals surface area contributed by atoms with Crippen LogP contribution in [-0.2, 0) is 0 Å². The van der Waals surface area contributed by atoms with Gasteiger partial charge in [0.1, 0.15) is 5.82 Å². The number of hydrogen-bond acceptors (Lipinski definition) is 3. The number of nitrogens with zero attached hydrogens (tertiary/aromatic N) is 2. The number of amides is 1. The molecule has 2 aromatic carbocycles. The van der Waals surface area contributed by atoms with Crippen LogP contribution in [0.1, 0.15) is 33.2 Å². The summed E-state index contributed by atoms with van der Waals surface area (Å²) in [7, 11) is 0. The van der Waals surface area contributed by atoms with Crippen molar-refractivity contribution in [2.45, 2.75) is 13.8 Å². The van der Waals surface area contributed by atoms with Crippen molar-refractivity contribution >= 4 is 40.6 Å². The SMILES string of the molecule is CC(=O)c1cc(F)c(N2CCN(C(=O)c3ccc(Cl)cc3Cl)CC2)cc1C. The van der Waals surface area contributed by atoms with Gasteiger partial charge in [0.25, 0.3) is 5.91 Å². The van der Waals surface area contributed by atoms with E-state index in [2.05, 4.69) is 0 Å². The maximum atomic E-state index is 14.5. The summed E-state index contributed by atoms with van der Waals surface area (Å²) in [6, 6.07) is 7.77. The first kappa shape index (κ1) is 19.6. The number of carbonyl (C=O) groups excluding carboxylic acids is 2. The molecular formula is C20H19Cl2FN2O2. The largest absolute Gasteiger partial charge is 0.366 e. The van der Waals surface area contributed by atoms with Gasteiger partial charge in [-0.2, -0.15) is 0 Å². The molecule has 1 saturated heterocycles. The summed E-state index contributed by atoms with van der Waals surface area (Å²) in [5, 5.41) is 0.789. The number of halogens is 3. The summed E-state index contributed by atoms with van der Waals surface area (Å²) in [6.07, 6.45) is 0. The molecule has 1 heterocycles. The fourth-order valence-electron chi connectivity index (χ4n) is 3.27. The molecule has 1 amide bonds. The Kier molecular flexibility index (Phi) is 5.72. The molecule has 0 aromatic heterocycles. The van der Waals surface area contributed by atoms with Gasteiger partial charge in [0, 0.05) is 36.8 Å². The molecule has 0 unspecified atom stereocenters. The molecule has 7 heteroatoms. The van der Waals surface area contributed by atoms with E-state index in [-0.39, 0.29) is 11.7 Å². The van der Waals surface area contributed by atoms with Gasteiger partial charge < -0.3 is 9.80 Å². The second-order valence-electron chi connectivity index (χ2n) is 6.58. The van der Waals surface area contributed by atoms with E-state index in [1.54, 1.807) is 36.1 Å². The Balaban J connectivity index is 1.73. The molecular weight excluding hydrogens is 390 g/mol. The van der Waals surface area contributed by atoms with E-state index < -0.39 is 5.82 Å². The summed E-state index contributed by atoms with van der Waals surface area (Å²) in [6.45, 7) is 5.10. The van der Waals surface area contributed by atoms with E-state index in [1.807, 2.05) is 4.90 Å². The second-order valence-corrected chi connectivity index (χ2v) is 7.42. The van der Waals surface area contributed by atoms with Crippen molar-refractivity contribution in [2.24, 2.45) is 0 Å². The third kappa shape index (κ3) is 4.09. The highest BCUT2D eigenvalue weighted by atomic mass is 35.5. The molecule has 1 fully saturated rings. The highest BCUT2D eigenvalue weighted by Gasteiger charge is 2.25. The number of benzene rings is 2. The van der Waals surface area contributed by atoms with Crippen LogP contribution >= 0.6 is 23.2 Å². The molecule has 2 aromatic rings. The van der Waals surface area contributed by atoms with Crippen LogP contribution in [0.25, 0.3) is 0 Å². The van der Waals surface area contributed by atoms with Crippen molar-refractivity contribution in [1.82, 2.24) is 4.90 Å². The lowest BCUT2D eigenvalue weighted by atomic mass is 10.0.